The van der Waals surface area contributed by atoms with Gasteiger partial charge in [-0.1, -0.05) is 26.0 Å². The highest BCUT2D eigenvalue weighted by atomic mass is 17.3. The fraction of sp³-hybridized carbons (Fsp3) is 0.720. The predicted molar refractivity (Wildman–Crippen MR) is 128 cm³/mol. The van der Waals surface area contributed by atoms with Gasteiger partial charge >= 0.3 is 6.03 Å². The molecular formula is C25H35N3O8. The summed E-state index contributed by atoms with van der Waals surface area (Å²) < 4.78 is 18.9. The smallest absolute Gasteiger partial charge is 0.319 e. The summed E-state index contributed by atoms with van der Waals surface area (Å²) in [6.45, 7) is 7.03. The van der Waals surface area contributed by atoms with Crippen LogP contribution in [0.4, 0.5) is 16.2 Å². The number of nitro benzene ring substituents is 1. The normalized spacial score (nSPS) is 39.1. The van der Waals surface area contributed by atoms with Gasteiger partial charge in [0.05, 0.1) is 11.5 Å². The molecule has 1 aromatic carbocycles. The number of rotatable bonds is 7. The predicted octanol–water partition coefficient (Wildman–Crippen LogP) is 4.33. The fourth-order valence-corrected chi connectivity index (χ4v) is 6.44. The summed E-state index contributed by atoms with van der Waals surface area (Å²) in [7, 11) is 0. The minimum Gasteiger partial charge on any atom is -0.352 e. The van der Waals surface area contributed by atoms with Crippen molar-refractivity contribution in [2.45, 2.75) is 76.8 Å². The van der Waals surface area contributed by atoms with E-state index in [2.05, 4.69) is 24.5 Å². The van der Waals surface area contributed by atoms with E-state index in [4.69, 9.17) is 24.0 Å². The van der Waals surface area contributed by atoms with E-state index in [1.165, 1.54) is 12.1 Å². The highest BCUT2D eigenvalue weighted by Gasteiger charge is 2.69. The third-order valence-corrected chi connectivity index (χ3v) is 8.33. The van der Waals surface area contributed by atoms with Gasteiger partial charge in [0.2, 0.25) is 5.79 Å². The van der Waals surface area contributed by atoms with Crippen molar-refractivity contribution in [3.8, 4) is 0 Å². The fourth-order valence-electron chi connectivity index (χ4n) is 6.44. The van der Waals surface area contributed by atoms with E-state index < -0.39 is 34.9 Å². The Balaban J connectivity index is 1.14. The van der Waals surface area contributed by atoms with Crippen LogP contribution in [0.25, 0.3) is 0 Å². The van der Waals surface area contributed by atoms with E-state index in [9.17, 15) is 14.9 Å². The van der Waals surface area contributed by atoms with Gasteiger partial charge in [-0.05, 0) is 50.5 Å². The summed E-state index contributed by atoms with van der Waals surface area (Å²) in [5.41, 5.74) is -0.631. The van der Waals surface area contributed by atoms with Crippen LogP contribution >= 0.6 is 0 Å². The maximum atomic E-state index is 12.2. The van der Waals surface area contributed by atoms with Crippen LogP contribution in [0.15, 0.2) is 24.3 Å². The van der Waals surface area contributed by atoms with Crippen molar-refractivity contribution in [1.82, 2.24) is 5.32 Å². The van der Waals surface area contributed by atoms with Gasteiger partial charge in [0.1, 0.15) is 5.69 Å². The first-order valence-electron chi connectivity index (χ1n) is 12.8. The number of anilines is 1. The summed E-state index contributed by atoms with van der Waals surface area (Å²) in [5, 5.41) is 16.3. The van der Waals surface area contributed by atoms with Gasteiger partial charge in [0, 0.05) is 30.9 Å². The molecule has 0 aromatic heterocycles. The third kappa shape index (κ3) is 4.47. The number of benzene rings is 1. The van der Waals surface area contributed by atoms with Gasteiger partial charge in [-0.2, -0.15) is 0 Å². The molecule has 1 spiro atoms. The van der Waals surface area contributed by atoms with E-state index >= 15 is 0 Å². The molecule has 4 saturated heterocycles. The molecule has 0 unspecified atom stereocenters. The Bertz CT molecular complexity index is 994. The van der Waals surface area contributed by atoms with Crippen LogP contribution in [0, 0.1) is 33.8 Å². The summed E-state index contributed by atoms with van der Waals surface area (Å²) in [6, 6.07) is 5.50. The Morgan fingerprint density at radius 3 is 2.81 bits per heavy atom. The zero-order valence-electron chi connectivity index (χ0n) is 20.9. The molecule has 8 atom stereocenters. The molecule has 1 aliphatic carbocycles. The lowest BCUT2D eigenvalue weighted by atomic mass is 9.58. The van der Waals surface area contributed by atoms with Crippen LogP contribution in [-0.4, -0.2) is 48.1 Å². The molecule has 5 fully saturated rings. The van der Waals surface area contributed by atoms with Crippen LogP contribution in [0.1, 0.15) is 52.9 Å². The maximum Gasteiger partial charge on any atom is 0.319 e. The average molecular weight is 506 g/mol. The molecule has 2 N–H and O–H groups in total. The zero-order valence-corrected chi connectivity index (χ0v) is 20.9. The molecule has 6 rings (SSSR count). The van der Waals surface area contributed by atoms with Crippen molar-refractivity contribution in [3.63, 3.8) is 0 Å². The van der Waals surface area contributed by atoms with Gasteiger partial charge < -0.3 is 24.8 Å². The maximum absolute atomic E-state index is 12.2. The number of carbonyl (C=O) groups excluding carboxylic acids is 1. The van der Waals surface area contributed by atoms with E-state index in [0.717, 1.165) is 25.7 Å². The molecule has 198 valence electrons. The number of hydrogen-bond donors (Lipinski definition) is 2. The molecule has 2 amide bonds. The van der Waals surface area contributed by atoms with Gasteiger partial charge in [0.25, 0.3) is 5.69 Å². The van der Waals surface area contributed by atoms with Crippen LogP contribution in [0.3, 0.4) is 0 Å². The van der Waals surface area contributed by atoms with E-state index in [1.54, 1.807) is 12.1 Å². The summed E-state index contributed by atoms with van der Waals surface area (Å²) in [6.07, 6.45) is 3.40. The van der Waals surface area contributed by atoms with Gasteiger partial charge in [-0.15, -0.1) is 0 Å². The van der Waals surface area contributed by atoms with Crippen LogP contribution in [-0.2, 0) is 24.0 Å². The van der Waals surface area contributed by atoms with Crippen molar-refractivity contribution in [3.05, 3.63) is 34.4 Å². The Morgan fingerprint density at radius 1 is 1.19 bits per heavy atom. The molecule has 5 aliphatic rings. The lowest BCUT2D eigenvalue weighted by Gasteiger charge is -2.60. The molecule has 1 saturated carbocycles. The lowest BCUT2D eigenvalue weighted by Crippen LogP contribution is -2.70. The number of nitro groups is 1. The van der Waals surface area contributed by atoms with Gasteiger partial charge in [-0.3, -0.25) is 10.1 Å². The van der Waals surface area contributed by atoms with Crippen molar-refractivity contribution >= 4 is 17.4 Å². The molecule has 36 heavy (non-hydrogen) atoms. The number of fused-ring (bicyclic) bond motifs is 2. The van der Waals surface area contributed by atoms with E-state index in [0.29, 0.717) is 31.4 Å². The number of nitrogens with zero attached hydrogens (tertiary/aromatic N) is 1. The number of ether oxygens (including phenoxy) is 3. The Labute approximate surface area is 210 Å². The van der Waals surface area contributed by atoms with Crippen molar-refractivity contribution in [1.29, 1.82) is 0 Å². The summed E-state index contributed by atoms with van der Waals surface area (Å²) in [5.74, 6) is 0.251. The largest absolute Gasteiger partial charge is 0.352 e. The number of para-hydroxylation sites is 2. The first-order chi connectivity index (χ1) is 17.2. The van der Waals surface area contributed by atoms with Crippen LogP contribution in [0.2, 0.25) is 0 Å². The van der Waals surface area contributed by atoms with Gasteiger partial charge in [0.15, 0.2) is 18.2 Å². The SMILES string of the molecule is C[C@H]1[C@@H](OCCCNC(=O)Nc2ccccc2[N+](=O)[O-])O[C@@H]2O[C@]3(C)CC[C@H]4[C@H](C)CC[C@@H]1[C@@]24OO3. The van der Waals surface area contributed by atoms with Crippen molar-refractivity contribution in [2.75, 3.05) is 18.5 Å². The average Bonchev–Trinajstić information content (AvgIpc) is 3.08. The highest BCUT2D eigenvalue weighted by Crippen LogP contribution is 2.60. The molecule has 0 radical (unpaired) electrons. The Kier molecular flexibility index (Phi) is 6.94. The molecule has 4 aliphatic heterocycles. The number of urea groups is 1. The standard InChI is InChI=1S/C25H35N3O8/c1-15-9-10-18-16(2)21(33-22-25(18)17(15)11-12-24(3,34-22)35-36-25)32-14-6-13-26-23(29)27-19-7-4-5-8-20(19)28(30)31/h4-5,7-8,15-18,21-22H,6,9-14H2,1-3H3,(H2,26,27,29)/t15-,16-,17+,18+,21+,22-,24+,25-/m1/s1. The quantitative estimate of drug-likeness (QED) is 0.242. The first-order valence-corrected chi connectivity index (χ1v) is 12.8. The lowest BCUT2D eigenvalue weighted by molar-refractivity contribution is -0.577. The van der Waals surface area contributed by atoms with E-state index in [1.807, 2.05) is 6.92 Å². The molecule has 11 nitrogen and oxygen atoms in total. The third-order valence-electron chi connectivity index (χ3n) is 8.33. The topological polar surface area (TPSA) is 130 Å². The number of nitrogens with one attached hydrogen (secondary N) is 2. The van der Waals surface area contributed by atoms with Crippen molar-refractivity contribution in [2.24, 2.45) is 23.7 Å². The Hall–Kier alpha value is -2.31. The van der Waals surface area contributed by atoms with Crippen LogP contribution in [0.5, 0.6) is 0 Å². The number of amides is 2. The molecular weight excluding hydrogens is 470 g/mol. The molecule has 2 bridgehead atoms. The molecule has 11 heteroatoms. The minimum absolute atomic E-state index is 0.0841. The number of hydrogen-bond acceptors (Lipinski definition) is 8. The monoisotopic (exact) mass is 505 g/mol. The summed E-state index contributed by atoms with van der Waals surface area (Å²) >= 11 is 0. The van der Waals surface area contributed by atoms with Gasteiger partial charge in [-0.25, -0.2) is 14.6 Å². The Morgan fingerprint density at radius 2 is 2.00 bits per heavy atom. The minimum atomic E-state index is -0.826. The highest BCUT2D eigenvalue weighted by molar-refractivity contribution is 5.91. The second kappa shape index (κ2) is 9.86. The second-order valence-electron chi connectivity index (χ2n) is 10.7. The van der Waals surface area contributed by atoms with Crippen LogP contribution < -0.4 is 10.6 Å². The van der Waals surface area contributed by atoms with E-state index in [-0.39, 0.29) is 23.2 Å². The molecule has 4 heterocycles. The molecule has 1 aromatic rings. The zero-order chi connectivity index (χ0) is 25.5. The summed E-state index contributed by atoms with van der Waals surface area (Å²) in [4.78, 5) is 34.7. The second-order valence-corrected chi connectivity index (χ2v) is 10.7. The van der Waals surface area contributed by atoms with Crippen molar-refractivity contribution < 1.29 is 33.7 Å². The number of carbonyl (C=O) groups is 1. The first kappa shape index (κ1) is 25.3.